The van der Waals surface area contributed by atoms with E-state index in [-0.39, 0.29) is 0 Å². The van der Waals surface area contributed by atoms with Crippen molar-refractivity contribution in [2.75, 3.05) is 0 Å². The van der Waals surface area contributed by atoms with E-state index >= 15 is 0 Å². The normalized spacial score (nSPS) is 10.3. The van der Waals surface area contributed by atoms with Crippen LogP contribution in [0.5, 0.6) is 0 Å². The van der Waals surface area contributed by atoms with Crippen molar-refractivity contribution in [3.05, 3.63) is 182 Å². The van der Waals surface area contributed by atoms with E-state index < -0.39 is 32.3 Å². The van der Waals surface area contributed by atoms with Crippen LogP contribution >= 0.6 is 34.7 Å². The van der Waals surface area contributed by atoms with Crippen LogP contribution in [0.15, 0.2) is 182 Å². The molecule has 6 aromatic rings. The van der Waals surface area contributed by atoms with Gasteiger partial charge in [-0.15, -0.1) is 0 Å². The smallest absolute Gasteiger partial charge is 0.0620 e. The molecule has 0 bridgehead atoms. The average Bonchev–Trinajstić information content (AvgIpc) is 3.05. The molecule has 0 radical (unpaired) electrons. The molecular weight excluding hydrogens is 760 g/mol. The van der Waals surface area contributed by atoms with Crippen LogP contribution in [0.4, 0.5) is 0 Å². The van der Waals surface area contributed by atoms with Crippen LogP contribution in [-0.4, -0.2) is 0 Å². The van der Waals surface area contributed by atoms with Gasteiger partial charge in [-0.3, -0.25) is 0 Å². The molecule has 0 spiro atoms. The van der Waals surface area contributed by atoms with E-state index in [1.807, 2.05) is 0 Å². The maximum atomic E-state index is 4.88. The maximum absolute atomic E-state index is 4.88. The molecule has 0 amide bonds. The summed E-state index contributed by atoms with van der Waals surface area (Å²) in [6.07, 6.45) is 0. The number of hydrogen-bond donors (Lipinski definition) is 0. The third kappa shape index (κ3) is 9.76. The summed E-state index contributed by atoms with van der Waals surface area (Å²) in [6, 6.07) is 65.0. The van der Waals surface area contributed by atoms with Crippen molar-refractivity contribution in [2.45, 2.75) is 0 Å². The second-order valence-corrected chi connectivity index (χ2v) is 17.2. The van der Waals surface area contributed by atoms with Crippen LogP contribution in [0.2, 0.25) is 0 Å². The van der Waals surface area contributed by atoms with Crippen molar-refractivity contribution in [2.24, 2.45) is 0 Å². The summed E-state index contributed by atoms with van der Waals surface area (Å²) in [5.41, 5.74) is 0. The van der Waals surface area contributed by atoms with Crippen molar-refractivity contribution >= 4 is 66.5 Å². The molecule has 0 unspecified atom stereocenters. The first kappa shape index (κ1) is 31.4. The second kappa shape index (κ2) is 18.1. The molecule has 208 valence electrons. The zero-order valence-corrected chi connectivity index (χ0v) is 28.2. The van der Waals surface area contributed by atoms with Crippen LogP contribution in [-0.2, 0) is 16.5 Å². The molecule has 0 aromatic heterocycles. The number of halogens is 2. The molecule has 5 heteroatoms. The zero-order chi connectivity index (χ0) is 28.5. The van der Waals surface area contributed by atoms with Gasteiger partial charge in [0.15, 0.2) is 0 Å². The maximum Gasteiger partial charge on any atom is 0.102 e. The molecule has 0 nitrogen and oxygen atoms in total. The Morgan fingerprint density at radius 1 is 0.268 bits per heavy atom. The Balaban J connectivity index is 0.000000173. The first-order chi connectivity index (χ1) is 20.3. The molecule has 6 rings (SSSR count). The van der Waals surface area contributed by atoms with Crippen molar-refractivity contribution < 1.29 is 16.5 Å². The topological polar surface area (TPSA) is 0 Å². The van der Waals surface area contributed by atoms with Crippen molar-refractivity contribution in [3.63, 3.8) is 0 Å². The van der Waals surface area contributed by atoms with E-state index in [1.165, 1.54) is 31.8 Å². The van der Waals surface area contributed by atoms with Gasteiger partial charge >= 0.3 is 35.3 Å². The summed E-state index contributed by atoms with van der Waals surface area (Å²) in [7, 11) is 8.00. The van der Waals surface area contributed by atoms with E-state index in [1.54, 1.807) is 0 Å². The summed E-state index contributed by atoms with van der Waals surface area (Å²) in [6.45, 7) is 0. The molecule has 0 aliphatic carbocycles. The summed E-state index contributed by atoms with van der Waals surface area (Å²) in [4.78, 5) is 0. The van der Waals surface area contributed by atoms with E-state index in [2.05, 4.69) is 182 Å². The second-order valence-electron chi connectivity index (χ2n) is 8.99. The van der Waals surface area contributed by atoms with E-state index in [9.17, 15) is 0 Å². The third-order valence-electron chi connectivity index (χ3n) is 6.37. The fourth-order valence-corrected chi connectivity index (χ4v) is 9.78. The van der Waals surface area contributed by atoms with E-state index in [0.29, 0.717) is 0 Å². The first-order valence-corrected chi connectivity index (χ1v) is 21.8. The number of rotatable bonds is 6. The van der Waals surface area contributed by atoms with Gasteiger partial charge in [0.2, 0.25) is 0 Å². The fraction of sp³-hybridized carbons (Fsp3) is 0. The van der Waals surface area contributed by atoms with E-state index in [0.717, 1.165) is 0 Å². The van der Waals surface area contributed by atoms with Crippen LogP contribution < -0.4 is 31.8 Å². The Labute approximate surface area is 263 Å². The zero-order valence-electron chi connectivity index (χ0n) is 22.4. The van der Waals surface area contributed by atoms with Gasteiger partial charge in [-0.05, 0) is 72.8 Å². The van der Waals surface area contributed by atoms with Crippen molar-refractivity contribution in [3.8, 4) is 0 Å². The molecule has 0 aliphatic rings. The minimum absolute atomic E-state index is 0.472. The Bertz CT molecular complexity index is 1200. The van der Waals surface area contributed by atoms with Gasteiger partial charge in [0.1, 0.15) is 31.8 Å². The summed E-state index contributed by atoms with van der Waals surface area (Å²) >= 11 is -0.472. The monoisotopic (exact) mass is 791 g/mol. The van der Waals surface area contributed by atoms with Crippen molar-refractivity contribution in [1.29, 1.82) is 0 Å². The van der Waals surface area contributed by atoms with Crippen LogP contribution in [0, 0.1) is 0 Å². The first-order valence-electron chi connectivity index (χ1n) is 13.2. The molecule has 0 saturated heterocycles. The predicted molar refractivity (Wildman–Crippen MR) is 185 cm³/mol. The Hall–Kier alpha value is -2.55. The predicted octanol–water partition coefficient (Wildman–Crippen LogP) is 7.73. The van der Waals surface area contributed by atoms with Crippen LogP contribution in [0.1, 0.15) is 0 Å². The minimum atomic E-state index is -0.877. The molecule has 41 heavy (non-hydrogen) atoms. The van der Waals surface area contributed by atoms with Crippen molar-refractivity contribution in [1.82, 2.24) is 0 Å². The van der Waals surface area contributed by atoms with Gasteiger partial charge in [-0.2, -0.15) is 0 Å². The molecule has 0 saturated carbocycles. The van der Waals surface area contributed by atoms with Gasteiger partial charge in [0.05, 0.1) is 15.8 Å². The molecular formula is C36H32Cl2P2Pt+2. The Kier molecular flexibility index (Phi) is 13.8. The van der Waals surface area contributed by atoms with Gasteiger partial charge in [-0.1, -0.05) is 109 Å². The fourth-order valence-electron chi connectivity index (χ4n) is 4.63. The molecule has 6 aromatic carbocycles. The molecule has 0 fully saturated rings. The Morgan fingerprint density at radius 2 is 0.390 bits per heavy atom. The van der Waals surface area contributed by atoms with Crippen LogP contribution in [0.3, 0.4) is 0 Å². The quantitative estimate of drug-likeness (QED) is 0.152. The Morgan fingerprint density at radius 3 is 0.512 bits per heavy atom. The summed E-state index contributed by atoms with van der Waals surface area (Å²) < 4.78 is 0. The van der Waals surface area contributed by atoms with Gasteiger partial charge in [0.25, 0.3) is 0 Å². The summed E-state index contributed by atoms with van der Waals surface area (Å²) in [5.74, 6) is 0. The standard InChI is InChI=1S/2C18H15P.2ClH.Pt/c2*1-4-10-16(11-5-1)19(17-12-6-2-7-13-17)18-14-8-3-9-15-18;;;/h2*1-15H;2*1H;/q;;;;+2. The van der Waals surface area contributed by atoms with E-state index in [4.69, 9.17) is 18.8 Å². The number of benzene rings is 6. The van der Waals surface area contributed by atoms with Gasteiger partial charge in [-0.25, -0.2) is 0 Å². The third-order valence-corrected chi connectivity index (χ3v) is 11.8. The molecule has 0 aliphatic heterocycles. The van der Waals surface area contributed by atoms with Crippen LogP contribution in [0.25, 0.3) is 0 Å². The molecule has 0 atom stereocenters. The number of hydrogen-bond acceptors (Lipinski definition) is 0. The summed E-state index contributed by atoms with van der Waals surface area (Å²) in [5, 5.41) is 8.61. The molecule has 0 heterocycles. The SMILES string of the molecule is [Cl][Pt][Cl].c1ccc([PH+](c2ccccc2)c2ccccc2)cc1.c1ccc([PH+](c2ccccc2)c2ccccc2)cc1. The average molecular weight is 793 g/mol. The minimum Gasteiger partial charge on any atom is -0.0620 e. The van der Waals surface area contributed by atoms with Gasteiger partial charge < -0.3 is 0 Å². The van der Waals surface area contributed by atoms with Gasteiger partial charge in [0, 0.05) is 0 Å². The molecule has 0 N–H and O–H groups in total. The largest absolute Gasteiger partial charge is 0.102 e.